The molecule has 0 bridgehead atoms. The Labute approximate surface area is 173 Å². The molecule has 0 spiro atoms. The smallest absolute Gasteiger partial charge is 0.273 e. The molecule has 2 atom stereocenters. The van der Waals surface area contributed by atoms with E-state index in [-0.39, 0.29) is 11.9 Å². The van der Waals surface area contributed by atoms with E-state index in [2.05, 4.69) is 50.8 Å². The van der Waals surface area contributed by atoms with E-state index < -0.39 is 0 Å². The van der Waals surface area contributed by atoms with Crippen molar-refractivity contribution in [2.24, 2.45) is 0 Å². The first kappa shape index (κ1) is 20.1. The highest BCUT2D eigenvalue weighted by molar-refractivity contribution is 5.93. The van der Waals surface area contributed by atoms with E-state index in [1.54, 1.807) is 13.8 Å². The number of piperidine rings is 1. The van der Waals surface area contributed by atoms with Crippen LogP contribution in [-0.2, 0) is 6.42 Å². The molecule has 1 saturated heterocycles. The molecule has 2 heterocycles. The van der Waals surface area contributed by atoms with Crippen LogP contribution in [0.5, 0.6) is 0 Å². The van der Waals surface area contributed by atoms with Crippen molar-refractivity contribution in [1.29, 1.82) is 0 Å². The number of rotatable bonds is 7. The summed E-state index contributed by atoms with van der Waals surface area (Å²) in [4.78, 5) is 19.3. The van der Waals surface area contributed by atoms with Crippen LogP contribution in [0.4, 0.5) is 0 Å². The van der Waals surface area contributed by atoms with Crippen LogP contribution in [0.15, 0.2) is 34.7 Å². The topological polar surface area (TPSA) is 70.4 Å². The van der Waals surface area contributed by atoms with Crippen molar-refractivity contribution in [3.63, 3.8) is 0 Å². The quantitative estimate of drug-likeness (QED) is 0.753. The van der Waals surface area contributed by atoms with E-state index in [0.29, 0.717) is 29.4 Å². The summed E-state index contributed by atoms with van der Waals surface area (Å²) in [6.45, 7) is 6.98. The number of hydrogen-bond donors (Lipinski definition) is 2. The van der Waals surface area contributed by atoms with Gasteiger partial charge in [-0.2, -0.15) is 0 Å². The molecular weight excluding hydrogens is 364 g/mol. The lowest BCUT2D eigenvalue weighted by molar-refractivity contribution is 0.0873. The van der Waals surface area contributed by atoms with Gasteiger partial charge in [0.15, 0.2) is 11.6 Å². The number of nitrogens with one attached hydrogen (secondary N) is 2. The zero-order chi connectivity index (χ0) is 20.2. The number of benzene rings is 1. The summed E-state index contributed by atoms with van der Waals surface area (Å²) in [5.41, 5.74) is 1.83. The maximum absolute atomic E-state index is 12.5. The van der Waals surface area contributed by atoms with E-state index in [4.69, 9.17) is 4.42 Å². The van der Waals surface area contributed by atoms with Gasteiger partial charge in [-0.3, -0.25) is 4.79 Å². The molecule has 1 saturated carbocycles. The molecule has 29 heavy (non-hydrogen) atoms. The number of nitrogens with zero attached hydrogens (tertiary/aromatic N) is 2. The van der Waals surface area contributed by atoms with Crippen LogP contribution in [0.2, 0.25) is 0 Å². The van der Waals surface area contributed by atoms with E-state index in [9.17, 15) is 4.79 Å². The molecule has 6 heteroatoms. The summed E-state index contributed by atoms with van der Waals surface area (Å²) >= 11 is 0. The maximum Gasteiger partial charge on any atom is 0.273 e. The number of hydrogen-bond acceptors (Lipinski definition) is 5. The Balaban J connectivity index is 1.18. The Kier molecular flexibility index (Phi) is 6.31. The molecule has 0 radical (unpaired) electrons. The van der Waals surface area contributed by atoms with Gasteiger partial charge in [0.2, 0.25) is 0 Å². The summed E-state index contributed by atoms with van der Waals surface area (Å²) in [5, 5.41) is 6.93. The third-order valence-corrected chi connectivity index (χ3v) is 6.31. The third-order valence-electron chi connectivity index (χ3n) is 6.31. The van der Waals surface area contributed by atoms with Crippen LogP contribution in [0.1, 0.15) is 53.4 Å². The monoisotopic (exact) mass is 396 g/mol. The van der Waals surface area contributed by atoms with Crippen LogP contribution in [0.25, 0.3) is 0 Å². The lowest BCUT2D eigenvalue weighted by Crippen LogP contribution is -2.60. The van der Waals surface area contributed by atoms with Gasteiger partial charge in [-0.1, -0.05) is 30.3 Å². The Morgan fingerprint density at radius 1 is 1.10 bits per heavy atom. The van der Waals surface area contributed by atoms with Crippen LogP contribution in [0.3, 0.4) is 0 Å². The first-order chi connectivity index (χ1) is 14.1. The molecule has 2 fully saturated rings. The number of oxazole rings is 1. The largest absolute Gasteiger partial charge is 0.445 e. The third kappa shape index (κ3) is 5.06. The van der Waals surface area contributed by atoms with Gasteiger partial charge in [0.05, 0.1) is 0 Å². The molecule has 6 nitrogen and oxygen atoms in total. The summed E-state index contributed by atoms with van der Waals surface area (Å²) < 4.78 is 5.38. The van der Waals surface area contributed by atoms with Gasteiger partial charge in [-0.25, -0.2) is 4.98 Å². The fourth-order valence-corrected chi connectivity index (χ4v) is 4.41. The minimum absolute atomic E-state index is 0.119. The standard InChI is InChI=1S/C23H32N4O2/c1-16-22(24-17(2)29-16)23(28)26-21-9-8-20(21)25-19-11-14-27(15-12-19)13-10-18-6-4-3-5-7-18/h3-7,19-21,25H,8-15H2,1-2H3,(H,26,28)/t20-,21+/m1/s1. The summed E-state index contributed by atoms with van der Waals surface area (Å²) in [5.74, 6) is 1.01. The SMILES string of the molecule is Cc1nc(C(=O)N[C@H]2CC[C@H]2NC2CCN(CCc3ccccc3)CC2)c(C)o1. The van der Waals surface area contributed by atoms with Gasteiger partial charge in [-0.15, -0.1) is 0 Å². The molecule has 0 unspecified atom stereocenters. The van der Waals surface area contributed by atoms with E-state index in [1.165, 1.54) is 18.4 Å². The van der Waals surface area contributed by atoms with Crippen molar-refractivity contribution in [2.75, 3.05) is 19.6 Å². The molecule has 1 amide bonds. The van der Waals surface area contributed by atoms with Crippen molar-refractivity contribution < 1.29 is 9.21 Å². The Morgan fingerprint density at radius 3 is 2.45 bits per heavy atom. The number of likely N-dealkylation sites (tertiary alicyclic amines) is 1. The fourth-order valence-electron chi connectivity index (χ4n) is 4.41. The van der Waals surface area contributed by atoms with Gasteiger partial charge >= 0.3 is 0 Å². The molecule has 2 aromatic rings. The Hall–Kier alpha value is -2.18. The first-order valence-electron chi connectivity index (χ1n) is 10.9. The summed E-state index contributed by atoms with van der Waals surface area (Å²) in [6.07, 6.45) is 5.61. The van der Waals surface area contributed by atoms with Crippen LogP contribution < -0.4 is 10.6 Å². The minimum Gasteiger partial charge on any atom is -0.445 e. The molecule has 1 aliphatic heterocycles. The highest BCUT2D eigenvalue weighted by atomic mass is 16.4. The van der Waals surface area contributed by atoms with E-state index >= 15 is 0 Å². The van der Waals surface area contributed by atoms with Gasteiger partial charge in [-0.05, 0) is 57.7 Å². The van der Waals surface area contributed by atoms with Crippen LogP contribution in [0, 0.1) is 13.8 Å². The number of carbonyl (C=O) groups is 1. The van der Waals surface area contributed by atoms with Gasteiger partial charge < -0.3 is 20.0 Å². The molecule has 4 rings (SSSR count). The molecule has 1 aliphatic carbocycles. The fraction of sp³-hybridized carbons (Fsp3) is 0.565. The average Bonchev–Trinajstić information content (AvgIpc) is 3.07. The molecule has 2 N–H and O–H groups in total. The normalized spacial score (nSPS) is 23.0. The number of carbonyl (C=O) groups excluding carboxylic acids is 1. The highest BCUT2D eigenvalue weighted by Gasteiger charge is 2.35. The van der Waals surface area contributed by atoms with Crippen molar-refractivity contribution in [2.45, 2.75) is 64.1 Å². The lowest BCUT2D eigenvalue weighted by Gasteiger charge is -2.42. The average molecular weight is 397 g/mol. The molecule has 2 aliphatic rings. The van der Waals surface area contributed by atoms with Crippen LogP contribution >= 0.6 is 0 Å². The maximum atomic E-state index is 12.5. The van der Waals surface area contributed by atoms with Gasteiger partial charge in [0.1, 0.15) is 5.76 Å². The predicted octanol–water partition coefficient (Wildman–Crippen LogP) is 2.85. The van der Waals surface area contributed by atoms with Crippen molar-refractivity contribution >= 4 is 5.91 Å². The number of aromatic nitrogens is 1. The van der Waals surface area contributed by atoms with Gasteiger partial charge in [0.25, 0.3) is 5.91 Å². The minimum atomic E-state index is -0.119. The second-order valence-electron chi connectivity index (χ2n) is 8.42. The second-order valence-corrected chi connectivity index (χ2v) is 8.42. The zero-order valence-electron chi connectivity index (χ0n) is 17.5. The van der Waals surface area contributed by atoms with Crippen molar-refractivity contribution in [1.82, 2.24) is 20.5 Å². The highest BCUT2D eigenvalue weighted by Crippen LogP contribution is 2.23. The van der Waals surface area contributed by atoms with E-state index in [1.807, 2.05) is 0 Å². The van der Waals surface area contributed by atoms with Crippen molar-refractivity contribution in [3.05, 3.63) is 53.2 Å². The molecule has 1 aromatic heterocycles. The number of amides is 1. The summed E-state index contributed by atoms with van der Waals surface area (Å²) in [6, 6.07) is 11.8. The second kappa shape index (κ2) is 9.09. The first-order valence-corrected chi connectivity index (χ1v) is 10.9. The Bertz CT molecular complexity index is 812. The lowest BCUT2D eigenvalue weighted by atomic mass is 9.85. The van der Waals surface area contributed by atoms with Gasteiger partial charge in [0, 0.05) is 31.6 Å². The summed E-state index contributed by atoms with van der Waals surface area (Å²) in [7, 11) is 0. The molecule has 1 aromatic carbocycles. The molecular formula is C23H32N4O2. The predicted molar refractivity (Wildman–Crippen MR) is 113 cm³/mol. The molecule has 156 valence electrons. The van der Waals surface area contributed by atoms with Crippen LogP contribution in [-0.4, -0.2) is 53.6 Å². The van der Waals surface area contributed by atoms with E-state index in [0.717, 1.165) is 38.9 Å². The number of aryl methyl sites for hydroxylation is 2. The Morgan fingerprint density at radius 2 is 1.83 bits per heavy atom. The van der Waals surface area contributed by atoms with Crippen molar-refractivity contribution in [3.8, 4) is 0 Å². The zero-order valence-corrected chi connectivity index (χ0v) is 17.5.